The third kappa shape index (κ3) is 3.77. The predicted molar refractivity (Wildman–Crippen MR) is 92.5 cm³/mol. The van der Waals surface area contributed by atoms with Gasteiger partial charge in [0.2, 0.25) is 0 Å². The molecule has 0 radical (unpaired) electrons. The fourth-order valence-corrected chi connectivity index (χ4v) is 3.85. The molecule has 2 aliphatic heterocycles. The fraction of sp³-hybridized carbons (Fsp3) is 0.684. The van der Waals surface area contributed by atoms with E-state index < -0.39 is 6.29 Å². The smallest absolute Gasteiger partial charge is 0.157 e. The second-order valence-electron chi connectivity index (χ2n) is 7.23. The Kier molecular flexibility index (Phi) is 5.37. The van der Waals surface area contributed by atoms with Crippen LogP contribution in [0.3, 0.4) is 0 Å². The summed E-state index contributed by atoms with van der Waals surface area (Å²) in [5.74, 6) is 0.986. The van der Waals surface area contributed by atoms with Crippen molar-refractivity contribution in [1.29, 1.82) is 0 Å². The van der Waals surface area contributed by atoms with Crippen LogP contribution < -0.4 is 5.32 Å². The normalized spacial score (nSPS) is 22.1. The first kappa shape index (κ1) is 16.9. The van der Waals surface area contributed by atoms with Gasteiger partial charge in [0.15, 0.2) is 6.29 Å². The van der Waals surface area contributed by atoms with Gasteiger partial charge in [0.1, 0.15) is 0 Å². The lowest BCUT2D eigenvalue weighted by molar-refractivity contribution is -0.124. The molecule has 2 saturated heterocycles. The average molecular weight is 318 g/mol. The van der Waals surface area contributed by atoms with Crippen LogP contribution in [0.4, 0.5) is 0 Å². The van der Waals surface area contributed by atoms with Gasteiger partial charge >= 0.3 is 0 Å². The maximum atomic E-state index is 9.81. The molecule has 128 valence electrons. The first-order chi connectivity index (χ1) is 11.1. The number of nitrogens with zero attached hydrogens (tertiary/aromatic N) is 1. The lowest BCUT2D eigenvalue weighted by Crippen LogP contribution is -2.40. The van der Waals surface area contributed by atoms with Gasteiger partial charge in [-0.1, -0.05) is 12.1 Å². The highest BCUT2D eigenvalue weighted by Gasteiger charge is 2.26. The number of aliphatic hydroxyl groups is 1. The molecule has 4 heteroatoms. The van der Waals surface area contributed by atoms with Gasteiger partial charge in [-0.05, 0) is 62.0 Å². The summed E-state index contributed by atoms with van der Waals surface area (Å²) in [4.78, 5) is 2.51. The third-order valence-electron chi connectivity index (χ3n) is 5.63. The summed E-state index contributed by atoms with van der Waals surface area (Å²) in [5, 5.41) is 13.2. The van der Waals surface area contributed by atoms with E-state index in [2.05, 4.69) is 36.2 Å². The second kappa shape index (κ2) is 7.31. The second-order valence-corrected chi connectivity index (χ2v) is 7.23. The van der Waals surface area contributed by atoms with E-state index in [0.29, 0.717) is 5.92 Å². The summed E-state index contributed by atoms with van der Waals surface area (Å²) < 4.78 is 5.06. The third-order valence-corrected chi connectivity index (χ3v) is 5.63. The largest absolute Gasteiger partial charge is 0.368 e. The van der Waals surface area contributed by atoms with Crippen LogP contribution in [0.1, 0.15) is 41.0 Å². The van der Waals surface area contributed by atoms with Gasteiger partial charge in [0.25, 0.3) is 0 Å². The topological polar surface area (TPSA) is 44.7 Å². The summed E-state index contributed by atoms with van der Waals surface area (Å²) in [5.41, 5.74) is 5.81. The molecular formula is C19H30N2O2. The van der Waals surface area contributed by atoms with Crippen LogP contribution in [0, 0.1) is 19.8 Å². The van der Waals surface area contributed by atoms with Crippen LogP contribution in [0.5, 0.6) is 0 Å². The number of hydrogen-bond donors (Lipinski definition) is 2. The van der Waals surface area contributed by atoms with Crippen molar-refractivity contribution in [3.05, 3.63) is 34.4 Å². The van der Waals surface area contributed by atoms with Crippen molar-refractivity contribution < 1.29 is 9.84 Å². The molecule has 0 aliphatic carbocycles. The zero-order valence-corrected chi connectivity index (χ0v) is 14.6. The highest BCUT2D eigenvalue weighted by Crippen LogP contribution is 2.28. The minimum atomic E-state index is -0.601. The molecule has 23 heavy (non-hydrogen) atoms. The molecule has 0 saturated carbocycles. The molecule has 1 aromatic rings. The lowest BCUT2D eigenvalue weighted by atomic mass is 9.88. The minimum Gasteiger partial charge on any atom is -0.368 e. The Morgan fingerprint density at radius 1 is 1.22 bits per heavy atom. The Labute approximate surface area is 139 Å². The van der Waals surface area contributed by atoms with E-state index in [4.69, 9.17) is 4.74 Å². The molecule has 2 aliphatic rings. The fourth-order valence-electron chi connectivity index (χ4n) is 3.85. The molecule has 0 spiro atoms. The van der Waals surface area contributed by atoms with E-state index in [1.807, 2.05) is 0 Å². The number of piperidine rings is 1. The van der Waals surface area contributed by atoms with E-state index in [0.717, 1.165) is 45.6 Å². The summed E-state index contributed by atoms with van der Waals surface area (Å²) >= 11 is 0. The zero-order chi connectivity index (χ0) is 16.4. The first-order valence-corrected chi connectivity index (χ1v) is 8.82. The Bertz CT molecular complexity index is 511. The van der Waals surface area contributed by atoms with E-state index in [9.17, 15) is 5.11 Å². The Morgan fingerprint density at radius 2 is 1.83 bits per heavy atom. The van der Waals surface area contributed by atoms with Crippen molar-refractivity contribution >= 4 is 0 Å². The number of rotatable bonds is 5. The summed E-state index contributed by atoms with van der Waals surface area (Å²) in [6.45, 7) is 9.84. The highest BCUT2D eigenvalue weighted by atomic mass is 16.6. The van der Waals surface area contributed by atoms with Crippen LogP contribution in [-0.4, -0.2) is 49.6 Å². The average Bonchev–Trinajstić information content (AvgIpc) is 2.49. The summed E-state index contributed by atoms with van der Waals surface area (Å²) in [6.07, 6.45) is 1.42. The van der Waals surface area contributed by atoms with Crippen molar-refractivity contribution in [2.75, 3.05) is 33.3 Å². The van der Waals surface area contributed by atoms with E-state index in [-0.39, 0.29) is 5.92 Å². The molecule has 1 aromatic carbocycles. The Balaban J connectivity index is 1.62. The van der Waals surface area contributed by atoms with Gasteiger partial charge < -0.3 is 15.2 Å². The lowest BCUT2D eigenvalue weighted by Gasteiger charge is -2.34. The number of aliphatic hydroxyl groups excluding tert-OH is 1. The quantitative estimate of drug-likeness (QED) is 0.817. The molecule has 3 rings (SSSR count). The Morgan fingerprint density at radius 3 is 2.30 bits per heavy atom. The summed E-state index contributed by atoms with van der Waals surface area (Å²) in [6, 6.07) is 4.77. The van der Waals surface area contributed by atoms with E-state index in [1.165, 1.54) is 22.3 Å². The van der Waals surface area contributed by atoms with Gasteiger partial charge in [0.05, 0.1) is 0 Å². The molecule has 1 unspecified atom stereocenters. The van der Waals surface area contributed by atoms with Gasteiger partial charge in [-0.2, -0.15) is 0 Å². The highest BCUT2D eigenvalue weighted by molar-refractivity contribution is 5.40. The van der Waals surface area contributed by atoms with Crippen LogP contribution >= 0.6 is 0 Å². The van der Waals surface area contributed by atoms with Crippen molar-refractivity contribution in [3.8, 4) is 0 Å². The van der Waals surface area contributed by atoms with Gasteiger partial charge in [0, 0.05) is 38.6 Å². The maximum absolute atomic E-state index is 9.81. The maximum Gasteiger partial charge on any atom is 0.157 e. The minimum absolute atomic E-state index is 0.284. The van der Waals surface area contributed by atoms with Crippen LogP contribution in [0.2, 0.25) is 0 Å². The first-order valence-electron chi connectivity index (χ1n) is 8.82. The van der Waals surface area contributed by atoms with Crippen molar-refractivity contribution in [3.63, 3.8) is 0 Å². The molecular weight excluding hydrogens is 288 g/mol. The summed E-state index contributed by atoms with van der Waals surface area (Å²) in [7, 11) is 1.59. The van der Waals surface area contributed by atoms with Crippen molar-refractivity contribution in [2.24, 2.45) is 5.92 Å². The number of nitrogens with one attached hydrogen (secondary N) is 1. The van der Waals surface area contributed by atoms with Crippen molar-refractivity contribution in [1.82, 2.24) is 10.2 Å². The van der Waals surface area contributed by atoms with Gasteiger partial charge in [-0.15, -0.1) is 0 Å². The van der Waals surface area contributed by atoms with E-state index in [1.54, 1.807) is 7.11 Å². The molecule has 0 bridgehead atoms. The molecule has 2 fully saturated rings. The molecule has 0 amide bonds. The number of hydrogen-bond acceptors (Lipinski definition) is 4. The molecule has 4 nitrogen and oxygen atoms in total. The number of likely N-dealkylation sites (tertiary alicyclic amines) is 1. The van der Waals surface area contributed by atoms with Gasteiger partial charge in [-0.3, -0.25) is 4.90 Å². The number of methoxy groups -OCH3 is 1. The molecule has 2 heterocycles. The van der Waals surface area contributed by atoms with E-state index >= 15 is 0 Å². The predicted octanol–water partition coefficient (Wildman–Crippen LogP) is 2.17. The SMILES string of the molecule is COC(O)C1CCN(Cc2c(C)cc(C3CNC3)cc2C)CC1. The van der Waals surface area contributed by atoms with Crippen LogP contribution in [0.25, 0.3) is 0 Å². The number of benzene rings is 1. The van der Waals surface area contributed by atoms with Crippen LogP contribution in [0.15, 0.2) is 12.1 Å². The monoisotopic (exact) mass is 318 g/mol. The number of aryl methyl sites for hydroxylation is 2. The molecule has 1 atom stereocenters. The van der Waals surface area contributed by atoms with Gasteiger partial charge in [-0.25, -0.2) is 0 Å². The van der Waals surface area contributed by atoms with Crippen molar-refractivity contribution in [2.45, 2.75) is 45.4 Å². The number of ether oxygens (including phenoxy) is 1. The molecule has 2 N–H and O–H groups in total. The zero-order valence-electron chi connectivity index (χ0n) is 14.6. The van der Waals surface area contributed by atoms with Crippen LogP contribution in [-0.2, 0) is 11.3 Å². The standard InChI is InChI=1S/C19H30N2O2/c1-13-8-16(17-10-20-11-17)9-14(2)18(13)12-21-6-4-15(5-7-21)19(22)23-3/h8-9,15,17,19-20,22H,4-7,10-12H2,1-3H3. The molecule has 0 aromatic heterocycles. The Hall–Kier alpha value is -0.940.